The Morgan fingerprint density at radius 2 is 2.20 bits per heavy atom. The Morgan fingerprint density at radius 3 is 2.73 bits per heavy atom. The largest absolute Gasteiger partial charge is 0.390 e. The molecule has 0 amide bonds. The van der Waals surface area contributed by atoms with Crippen LogP contribution in [0.4, 0.5) is 5.69 Å². The van der Waals surface area contributed by atoms with Crippen molar-refractivity contribution in [2.75, 3.05) is 0 Å². The Hall–Kier alpha value is -0.940. The molecule has 5 heteroatoms. The van der Waals surface area contributed by atoms with Crippen LogP contribution in [0.15, 0.2) is 22.7 Å². The predicted octanol–water partition coefficient (Wildman–Crippen LogP) is 2.42. The number of nitro benzene ring substituents is 1. The molecule has 0 unspecified atom stereocenters. The van der Waals surface area contributed by atoms with E-state index < -0.39 is 10.5 Å². The van der Waals surface area contributed by atoms with Gasteiger partial charge in [-0.3, -0.25) is 10.1 Å². The van der Waals surface area contributed by atoms with Crippen molar-refractivity contribution >= 4 is 21.6 Å². The molecular weight excluding hydrogens is 262 g/mol. The molecule has 1 aliphatic rings. The summed E-state index contributed by atoms with van der Waals surface area (Å²) in [6.07, 6.45) is 2.08. The molecule has 0 aromatic heterocycles. The minimum atomic E-state index is -0.609. The van der Waals surface area contributed by atoms with Gasteiger partial charge in [0.2, 0.25) is 0 Å². The second-order valence-corrected chi connectivity index (χ2v) is 4.80. The third-order valence-corrected chi connectivity index (χ3v) is 3.24. The second kappa shape index (κ2) is 3.57. The zero-order chi connectivity index (χ0) is 11.1. The third-order valence-electron chi connectivity index (χ3n) is 2.57. The number of rotatable bonds is 3. The Labute approximate surface area is 95.2 Å². The summed E-state index contributed by atoms with van der Waals surface area (Å²) in [5.74, 6) is 0. The smallest absolute Gasteiger partial charge is 0.283 e. The molecule has 0 heterocycles. The van der Waals surface area contributed by atoms with Crippen molar-refractivity contribution in [1.29, 1.82) is 0 Å². The topological polar surface area (TPSA) is 63.4 Å². The van der Waals surface area contributed by atoms with Crippen LogP contribution in [0.25, 0.3) is 0 Å². The summed E-state index contributed by atoms with van der Waals surface area (Å²) < 4.78 is 0.471. The SMILES string of the molecule is O=[N+]([O-])c1cc(CC2(O)CC2)ccc1Br. The fraction of sp³-hybridized carbons (Fsp3) is 0.400. The van der Waals surface area contributed by atoms with Crippen molar-refractivity contribution in [3.05, 3.63) is 38.3 Å². The van der Waals surface area contributed by atoms with Gasteiger partial charge in [-0.1, -0.05) is 6.07 Å². The summed E-state index contributed by atoms with van der Waals surface area (Å²) in [5.41, 5.74) is 0.253. The monoisotopic (exact) mass is 271 g/mol. The van der Waals surface area contributed by atoms with Gasteiger partial charge in [-0.25, -0.2) is 0 Å². The summed E-state index contributed by atoms with van der Waals surface area (Å²) in [7, 11) is 0. The summed E-state index contributed by atoms with van der Waals surface area (Å²) in [5, 5.41) is 20.4. The Balaban J connectivity index is 2.26. The van der Waals surface area contributed by atoms with Gasteiger partial charge in [-0.05, 0) is 40.4 Å². The van der Waals surface area contributed by atoms with E-state index in [1.807, 2.05) is 0 Å². The van der Waals surface area contributed by atoms with Crippen LogP contribution < -0.4 is 0 Å². The van der Waals surface area contributed by atoms with Crippen LogP contribution in [-0.2, 0) is 6.42 Å². The quantitative estimate of drug-likeness (QED) is 0.679. The summed E-state index contributed by atoms with van der Waals surface area (Å²) in [6.45, 7) is 0. The maximum Gasteiger partial charge on any atom is 0.283 e. The molecule has 0 atom stereocenters. The minimum absolute atomic E-state index is 0.0525. The number of nitrogens with zero attached hydrogens (tertiary/aromatic N) is 1. The predicted molar refractivity (Wildman–Crippen MR) is 58.7 cm³/mol. The van der Waals surface area contributed by atoms with Crippen LogP contribution in [0.3, 0.4) is 0 Å². The van der Waals surface area contributed by atoms with E-state index in [0.29, 0.717) is 10.9 Å². The van der Waals surface area contributed by atoms with Gasteiger partial charge in [-0.2, -0.15) is 0 Å². The normalized spacial score (nSPS) is 17.5. The number of hydrogen-bond donors (Lipinski definition) is 1. The number of aliphatic hydroxyl groups is 1. The average molecular weight is 272 g/mol. The molecule has 0 radical (unpaired) electrons. The molecule has 2 rings (SSSR count). The Kier molecular flexibility index (Phi) is 2.52. The van der Waals surface area contributed by atoms with E-state index in [2.05, 4.69) is 15.9 Å². The molecule has 0 spiro atoms. The van der Waals surface area contributed by atoms with Gasteiger partial charge in [0.25, 0.3) is 5.69 Å². The van der Waals surface area contributed by atoms with Crippen molar-refractivity contribution in [3.8, 4) is 0 Å². The second-order valence-electron chi connectivity index (χ2n) is 3.94. The molecule has 4 nitrogen and oxygen atoms in total. The van der Waals surface area contributed by atoms with Gasteiger partial charge >= 0.3 is 0 Å². The number of benzene rings is 1. The van der Waals surface area contributed by atoms with Gasteiger partial charge in [0.15, 0.2) is 0 Å². The highest BCUT2D eigenvalue weighted by atomic mass is 79.9. The number of hydrogen-bond acceptors (Lipinski definition) is 3. The maximum absolute atomic E-state index is 10.7. The van der Waals surface area contributed by atoms with Crippen molar-refractivity contribution in [1.82, 2.24) is 0 Å². The van der Waals surface area contributed by atoms with Crippen molar-refractivity contribution in [3.63, 3.8) is 0 Å². The van der Waals surface area contributed by atoms with E-state index in [0.717, 1.165) is 18.4 Å². The lowest BCUT2D eigenvalue weighted by molar-refractivity contribution is -0.385. The van der Waals surface area contributed by atoms with Crippen LogP contribution in [0.5, 0.6) is 0 Å². The fourth-order valence-electron chi connectivity index (χ4n) is 1.51. The highest BCUT2D eigenvalue weighted by molar-refractivity contribution is 9.10. The lowest BCUT2D eigenvalue weighted by Gasteiger charge is -2.07. The van der Waals surface area contributed by atoms with Crippen LogP contribution in [0, 0.1) is 10.1 Å². The van der Waals surface area contributed by atoms with E-state index in [1.165, 1.54) is 6.07 Å². The highest BCUT2D eigenvalue weighted by Gasteiger charge is 2.40. The van der Waals surface area contributed by atoms with Crippen molar-refractivity contribution < 1.29 is 10.0 Å². The molecule has 0 aliphatic heterocycles. The molecular formula is C10H10BrNO3. The Bertz CT molecular complexity index is 415. The van der Waals surface area contributed by atoms with E-state index in [1.54, 1.807) is 12.1 Å². The molecule has 1 aromatic carbocycles. The lowest BCUT2D eigenvalue weighted by Crippen LogP contribution is -2.10. The molecule has 1 fully saturated rings. The summed E-state index contributed by atoms with van der Waals surface area (Å²) in [4.78, 5) is 10.2. The molecule has 1 aromatic rings. The van der Waals surface area contributed by atoms with Crippen LogP contribution >= 0.6 is 15.9 Å². The molecule has 1 aliphatic carbocycles. The van der Waals surface area contributed by atoms with Gasteiger partial charge in [0.1, 0.15) is 0 Å². The molecule has 80 valence electrons. The molecule has 0 saturated heterocycles. The van der Waals surface area contributed by atoms with Gasteiger partial charge in [-0.15, -0.1) is 0 Å². The number of nitro groups is 1. The lowest BCUT2D eigenvalue weighted by atomic mass is 10.1. The molecule has 15 heavy (non-hydrogen) atoms. The summed E-state index contributed by atoms with van der Waals surface area (Å²) >= 11 is 3.12. The first-order valence-electron chi connectivity index (χ1n) is 4.65. The first-order chi connectivity index (χ1) is 7.00. The van der Waals surface area contributed by atoms with Crippen LogP contribution in [0.1, 0.15) is 18.4 Å². The summed E-state index contributed by atoms with van der Waals surface area (Å²) in [6, 6.07) is 4.97. The third kappa shape index (κ3) is 2.35. The maximum atomic E-state index is 10.7. The van der Waals surface area contributed by atoms with E-state index >= 15 is 0 Å². The van der Waals surface area contributed by atoms with E-state index in [-0.39, 0.29) is 5.69 Å². The Morgan fingerprint density at radius 1 is 1.53 bits per heavy atom. The highest BCUT2D eigenvalue weighted by Crippen LogP contribution is 2.39. The van der Waals surface area contributed by atoms with E-state index in [9.17, 15) is 15.2 Å². The first kappa shape index (κ1) is 10.6. The van der Waals surface area contributed by atoms with E-state index in [4.69, 9.17) is 0 Å². The van der Waals surface area contributed by atoms with Crippen molar-refractivity contribution in [2.24, 2.45) is 0 Å². The standard InChI is InChI=1S/C10H10BrNO3/c11-8-2-1-7(5-9(8)12(14)15)6-10(13)3-4-10/h1-2,5,13H,3-4,6H2. The van der Waals surface area contributed by atoms with Gasteiger partial charge < -0.3 is 5.11 Å². The molecule has 1 saturated carbocycles. The van der Waals surface area contributed by atoms with Gasteiger partial charge in [0, 0.05) is 12.5 Å². The first-order valence-corrected chi connectivity index (χ1v) is 5.45. The van der Waals surface area contributed by atoms with Gasteiger partial charge in [0.05, 0.1) is 15.0 Å². The molecule has 0 bridgehead atoms. The molecule has 1 N–H and O–H groups in total. The zero-order valence-electron chi connectivity index (χ0n) is 7.94. The van der Waals surface area contributed by atoms with Crippen LogP contribution in [-0.4, -0.2) is 15.6 Å². The number of halogens is 1. The zero-order valence-corrected chi connectivity index (χ0v) is 9.53. The fourth-order valence-corrected chi connectivity index (χ4v) is 1.90. The van der Waals surface area contributed by atoms with Crippen molar-refractivity contribution in [2.45, 2.75) is 24.9 Å². The average Bonchev–Trinajstić information content (AvgIpc) is 2.87. The minimum Gasteiger partial charge on any atom is -0.390 e. The van der Waals surface area contributed by atoms with Crippen LogP contribution in [0.2, 0.25) is 0 Å².